The molecule has 0 heterocycles. The predicted molar refractivity (Wildman–Crippen MR) is 82.0 cm³/mol. The fourth-order valence-electron chi connectivity index (χ4n) is 1.64. The zero-order valence-corrected chi connectivity index (χ0v) is 13.6. The molecule has 0 aliphatic carbocycles. The number of benzene rings is 1. The van der Waals surface area contributed by atoms with Crippen molar-refractivity contribution in [3.05, 3.63) is 33.3 Å². The Morgan fingerprint density at radius 1 is 1.30 bits per heavy atom. The molecule has 0 radical (unpaired) electrons. The number of hydrogen-bond donors (Lipinski definition) is 1. The molecule has 6 heteroatoms. The molecule has 0 aliphatic rings. The molecule has 0 aliphatic heterocycles. The van der Waals surface area contributed by atoms with E-state index in [2.05, 4.69) is 26.0 Å². The molecule has 4 nitrogen and oxygen atoms in total. The van der Waals surface area contributed by atoms with E-state index in [9.17, 15) is 9.59 Å². The van der Waals surface area contributed by atoms with E-state index in [0.717, 1.165) is 23.7 Å². The quantitative estimate of drug-likeness (QED) is 0.596. The van der Waals surface area contributed by atoms with Gasteiger partial charge in [0, 0.05) is 17.4 Å². The molecule has 20 heavy (non-hydrogen) atoms. The first-order chi connectivity index (χ1) is 9.54. The summed E-state index contributed by atoms with van der Waals surface area (Å²) >= 11 is 9.29. The second kappa shape index (κ2) is 8.97. The van der Waals surface area contributed by atoms with Gasteiger partial charge in [0.25, 0.3) is 5.91 Å². The molecule has 1 amide bonds. The Bertz CT molecular complexity index is 479. The highest BCUT2D eigenvalue weighted by Crippen LogP contribution is 2.21. The molecule has 0 unspecified atom stereocenters. The normalized spacial score (nSPS) is 10.2. The number of ether oxygens (including phenoxy) is 1. The standard InChI is InChI=1S/C14H17BrClNO3/c1-20-13(18)5-3-2-4-8-17-14(19)11-7-6-10(15)9-12(11)16/h6-7,9H,2-5,8H2,1H3,(H,17,19). The van der Waals surface area contributed by atoms with Crippen LogP contribution in [0.2, 0.25) is 5.02 Å². The van der Waals surface area contributed by atoms with E-state index in [4.69, 9.17) is 11.6 Å². The van der Waals surface area contributed by atoms with Gasteiger partial charge in [-0.15, -0.1) is 0 Å². The van der Waals surface area contributed by atoms with Crippen LogP contribution in [0.4, 0.5) is 0 Å². The number of hydrogen-bond acceptors (Lipinski definition) is 3. The first kappa shape index (κ1) is 17.0. The highest BCUT2D eigenvalue weighted by Gasteiger charge is 2.09. The van der Waals surface area contributed by atoms with E-state index in [1.54, 1.807) is 18.2 Å². The molecule has 1 N–H and O–H groups in total. The van der Waals surface area contributed by atoms with Gasteiger partial charge in [-0.1, -0.05) is 34.0 Å². The number of halogens is 2. The third-order valence-electron chi connectivity index (χ3n) is 2.75. The van der Waals surface area contributed by atoms with Crippen LogP contribution in [-0.2, 0) is 9.53 Å². The van der Waals surface area contributed by atoms with Crippen molar-refractivity contribution in [2.75, 3.05) is 13.7 Å². The summed E-state index contributed by atoms with van der Waals surface area (Å²) in [5.74, 6) is -0.383. The average Bonchev–Trinajstić information content (AvgIpc) is 2.42. The van der Waals surface area contributed by atoms with Crippen molar-refractivity contribution in [2.45, 2.75) is 25.7 Å². The van der Waals surface area contributed by atoms with Crippen LogP contribution in [0.3, 0.4) is 0 Å². The molecule has 110 valence electrons. The van der Waals surface area contributed by atoms with E-state index in [0.29, 0.717) is 23.6 Å². The Labute approximate surface area is 132 Å². The van der Waals surface area contributed by atoms with Crippen molar-refractivity contribution in [1.82, 2.24) is 5.32 Å². The Morgan fingerprint density at radius 3 is 2.70 bits per heavy atom. The van der Waals surface area contributed by atoms with E-state index >= 15 is 0 Å². The average molecular weight is 363 g/mol. The van der Waals surface area contributed by atoms with Gasteiger partial charge in [0.2, 0.25) is 0 Å². The minimum atomic E-state index is -0.198. The van der Waals surface area contributed by atoms with Gasteiger partial charge in [0.05, 0.1) is 17.7 Å². The monoisotopic (exact) mass is 361 g/mol. The molecular formula is C14H17BrClNO3. The maximum atomic E-state index is 11.9. The highest BCUT2D eigenvalue weighted by molar-refractivity contribution is 9.10. The lowest BCUT2D eigenvalue weighted by Gasteiger charge is -2.07. The van der Waals surface area contributed by atoms with Crippen molar-refractivity contribution < 1.29 is 14.3 Å². The number of carbonyl (C=O) groups excluding carboxylic acids is 2. The molecule has 0 aromatic heterocycles. The number of carbonyl (C=O) groups is 2. The zero-order valence-electron chi connectivity index (χ0n) is 11.2. The van der Waals surface area contributed by atoms with Crippen LogP contribution in [0.5, 0.6) is 0 Å². The van der Waals surface area contributed by atoms with Gasteiger partial charge in [-0.05, 0) is 31.0 Å². The predicted octanol–water partition coefficient (Wildman–Crippen LogP) is 3.57. The maximum absolute atomic E-state index is 11.9. The van der Waals surface area contributed by atoms with Gasteiger partial charge in [-0.3, -0.25) is 9.59 Å². The topological polar surface area (TPSA) is 55.4 Å². The fourth-order valence-corrected chi connectivity index (χ4v) is 2.40. The molecule has 1 aromatic rings. The van der Waals surface area contributed by atoms with Gasteiger partial charge >= 0.3 is 5.97 Å². The van der Waals surface area contributed by atoms with Crippen LogP contribution in [-0.4, -0.2) is 25.5 Å². The summed E-state index contributed by atoms with van der Waals surface area (Å²) in [6, 6.07) is 5.14. The minimum Gasteiger partial charge on any atom is -0.469 e. The molecule has 0 saturated carbocycles. The van der Waals surface area contributed by atoms with Gasteiger partial charge in [0.15, 0.2) is 0 Å². The van der Waals surface area contributed by atoms with Gasteiger partial charge < -0.3 is 10.1 Å². The van der Waals surface area contributed by atoms with E-state index < -0.39 is 0 Å². The third-order valence-corrected chi connectivity index (χ3v) is 3.55. The molecule has 0 atom stereocenters. The van der Waals surface area contributed by atoms with Gasteiger partial charge in [-0.25, -0.2) is 0 Å². The Morgan fingerprint density at radius 2 is 2.05 bits per heavy atom. The lowest BCUT2D eigenvalue weighted by Crippen LogP contribution is -2.24. The maximum Gasteiger partial charge on any atom is 0.305 e. The van der Waals surface area contributed by atoms with Crippen molar-refractivity contribution in [1.29, 1.82) is 0 Å². The van der Waals surface area contributed by atoms with Crippen LogP contribution in [0, 0.1) is 0 Å². The summed E-state index contributed by atoms with van der Waals surface area (Å²) in [7, 11) is 1.38. The molecule has 0 saturated heterocycles. The zero-order chi connectivity index (χ0) is 15.0. The number of methoxy groups -OCH3 is 1. The van der Waals surface area contributed by atoms with Crippen LogP contribution in [0.1, 0.15) is 36.0 Å². The second-order valence-electron chi connectivity index (χ2n) is 4.27. The first-order valence-electron chi connectivity index (χ1n) is 6.34. The van der Waals surface area contributed by atoms with Crippen LogP contribution < -0.4 is 5.32 Å². The lowest BCUT2D eigenvalue weighted by molar-refractivity contribution is -0.140. The molecule has 1 rings (SSSR count). The van der Waals surface area contributed by atoms with Crippen molar-refractivity contribution in [3.8, 4) is 0 Å². The first-order valence-corrected chi connectivity index (χ1v) is 7.51. The number of amides is 1. The van der Waals surface area contributed by atoms with E-state index in [1.807, 2.05) is 0 Å². The van der Waals surface area contributed by atoms with E-state index in [-0.39, 0.29) is 11.9 Å². The summed E-state index contributed by atoms with van der Waals surface area (Å²) in [5.41, 5.74) is 0.462. The Balaban J connectivity index is 2.25. The summed E-state index contributed by atoms with van der Waals surface area (Å²) in [5, 5.41) is 3.23. The number of esters is 1. The number of nitrogens with one attached hydrogen (secondary N) is 1. The SMILES string of the molecule is COC(=O)CCCCCNC(=O)c1ccc(Br)cc1Cl. The third kappa shape index (κ3) is 5.92. The van der Waals surface area contributed by atoms with Crippen LogP contribution in [0.25, 0.3) is 0 Å². The summed E-state index contributed by atoms with van der Waals surface area (Å²) < 4.78 is 5.38. The van der Waals surface area contributed by atoms with Crippen molar-refractivity contribution in [3.63, 3.8) is 0 Å². The fraction of sp³-hybridized carbons (Fsp3) is 0.429. The molecule has 0 fully saturated rings. The summed E-state index contributed by atoms with van der Waals surface area (Å²) in [6.07, 6.45) is 2.87. The minimum absolute atomic E-state index is 0.185. The van der Waals surface area contributed by atoms with Crippen molar-refractivity contribution >= 4 is 39.4 Å². The Hall–Kier alpha value is -1.07. The smallest absolute Gasteiger partial charge is 0.305 e. The largest absolute Gasteiger partial charge is 0.469 e. The van der Waals surface area contributed by atoms with Crippen LogP contribution >= 0.6 is 27.5 Å². The number of unbranched alkanes of at least 4 members (excludes halogenated alkanes) is 2. The molecule has 0 bridgehead atoms. The van der Waals surface area contributed by atoms with E-state index in [1.165, 1.54) is 7.11 Å². The summed E-state index contributed by atoms with van der Waals surface area (Å²) in [6.45, 7) is 0.562. The van der Waals surface area contributed by atoms with Crippen LogP contribution in [0.15, 0.2) is 22.7 Å². The Kier molecular flexibility index (Phi) is 7.62. The second-order valence-corrected chi connectivity index (χ2v) is 5.59. The highest BCUT2D eigenvalue weighted by atomic mass is 79.9. The lowest BCUT2D eigenvalue weighted by atomic mass is 10.2. The molecular weight excluding hydrogens is 346 g/mol. The van der Waals surface area contributed by atoms with Gasteiger partial charge in [-0.2, -0.15) is 0 Å². The van der Waals surface area contributed by atoms with Crippen molar-refractivity contribution in [2.24, 2.45) is 0 Å². The molecule has 1 aromatic carbocycles. The van der Waals surface area contributed by atoms with Gasteiger partial charge in [0.1, 0.15) is 0 Å². The summed E-state index contributed by atoms with van der Waals surface area (Å²) in [4.78, 5) is 22.8. The number of rotatable bonds is 7. The molecule has 0 spiro atoms.